The molecule has 5 heteroatoms. The lowest BCUT2D eigenvalue weighted by Gasteiger charge is -2.24. The van der Waals surface area contributed by atoms with Gasteiger partial charge in [0.25, 0.3) is 0 Å². The van der Waals surface area contributed by atoms with Gasteiger partial charge in [0.2, 0.25) is 0 Å². The third-order valence-corrected chi connectivity index (χ3v) is 2.88. The van der Waals surface area contributed by atoms with Crippen molar-refractivity contribution in [2.24, 2.45) is 0 Å². The van der Waals surface area contributed by atoms with Crippen molar-refractivity contribution in [1.29, 1.82) is 0 Å². The van der Waals surface area contributed by atoms with Crippen molar-refractivity contribution >= 4 is 5.97 Å². The van der Waals surface area contributed by atoms with Crippen LogP contribution in [0.15, 0.2) is 18.2 Å². The van der Waals surface area contributed by atoms with Gasteiger partial charge in [-0.3, -0.25) is 4.90 Å². The number of carboxylic acids is 1. The Balaban J connectivity index is 2.87. The minimum atomic E-state index is -1.11. The van der Waals surface area contributed by atoms with Gasteiger partial charge in [0.05, 0.1) is 12.2 Å². The number of aromatic carboxylic acids is 1. The number of ether oxygens (including phenoxy) is 1. The molecule has 0 aliphatic heterocycles. The van der Waals surface area contributed by atoms with E-state index in [1.165, 1.54) is 12.1 Å². The Bertz CT molecular complexity index is 423. The van der Waals surface area contributed by atoms with Crippen LogP contribution in [0, 0.1) is 5.82 Å². The summed E-state index contributed by atoms with van der Waals surface area (Å²) in [6.07, 6.45) is 0. The Morgan fingerprint density at radius 2 is 2.22 bits per heavy atom. The average Bonchev–Trinajstić information content (AvgIpc) is 2.31. The molecular formula is C13H18FNO3. The summed E-state index contributed by atoms with van der Waals surface area (Å²) in [5.74, 6) is -1.65. The summed E-state index contributed by atoms with van der Waals surface area (Å²) in [5, 5.41) is 9.04. The van der Waals surface area contributed by atoms with Crippen molar-refractivity contribution in [3.05, 3.63) is 35.1 Å². The van der Waals surface area contributed by atoms with Crippen LogP contribution in [0.3, 0.4) is 0 Å². The molecule has 1 atom stereocenters. The van der Waals surface area contributed by atoms with Crippen molar-refractivity contribution in [2.75, 3.05) is 20.8 Å². The second kappa shape index (κ2) is 6.47. The number of carboxylic acid groups (broad SMARTS) is 1. The normalized spacial score (nSPS) is 12.7. The van der Waals surface area contributed by atoms with Crippen LogP contribution in [0.2, 0.25) is 0 Å². The largest absolute Gasteiger partial charge is 0.478 e. The van der Waals surface area contributed by atoms with E-state index in [0.29, 0.717) is 18.7 Å². The van der Waals surface area contributed by atoms with Gasteiger partial charge >= 0.3 is 5.97 Å². The number of likely N-dealkylation sites (N-methyl/N-ethyl adjacent to an activating group) is 1. The molecule has 0 aliphatic carbocycles. The first kappa shape index (κ1) is 14.6. The molecule has 0 amide bonds. The van der Waals surface area contributed by atoms with E-state index in [1.807, 2.05) is 18.9 Å². The highest BCUT2D eigenvalue weighted by molar-refractivity contribution is 5.89. The molecule has 0 saturated heterocycles. The molecule has 18 heavy (non-hydrogen) atoms. The van der Waals surface area contributed by atoms with E-state index < -0.39 is 11.8 Å². The van der Waals surface area contributed by atoms with Gasteiger partial charge in [0.1, 0.15) is 5.82 Å². The monoisotopic (exact) mass is 255 g/mol. The van der Waals surface area contributed by atoms with Crippen LogP contribution in [0.25, 0.3) is 0 Å². The molecule has 1 unspecified atom stereocenters. The van der Waals surface area contributed by atoms with E-state index in [-0.39, 0.29) is 11.6 Å². The summed E-state index contributed by atoms with van der Waals surface area (Å²) in [6.45, 7) is 2.97. The van der Waals surface area contributed by atoms with Crippen molar-refractivity contribution in [2.45, 2.75) is 19.5 Å². The maximum Gasteiger partial charge on any atom is 0.336 e. The molecule has 100 valence electrons. The standard InChI is InChI=1S/C13H18FNO3/c1-9(8-18-3)15(2)7-10-4-5-11(14)6-12(10)13(16)17/h4-6,9H,7-8H2,1-3H3,(H,16,17). The van der Waals surface area contributed by atoms with Gasteiger partial charge in [-0.2, -0.15) is 0 Å². The summed E-state index contributed by atoms with van der Waals surface area (Å²) >= 11 is 0. The molecule has 0 bridgehead atoms. The molecule has 0 aliphatic rings. The summed E-state index contributed by atoms with van der Waals surface area (Å²) in [5.41, 5.74) is 0.598. The minimum Gasteiger partial charge on any atom is -0.478 e. The first-order valence-corrected chi connectivity index (χ1v) is 5.66. The number of nitrogens with zero attached hydrogens (tertiary/aromatic N) is 1. The average molecular weight is 255 g/mol. The van der Waals surface area contributed by atoms with E-state index in [2.05, 4.69) is 0 Å². The molecule has 1 rings (SSSR count). The Labute approximate surface area is 106 Å². The van der Waals surface area contributed by atoms with Crippen LogP contribution in [-0.2, 0) is 11.3 Å². The summed E-state index contributed by atoms with van der Waals surface area (Å²) < 4.78 is 18.1. The fourth-order valence-electron chi connectivity index (χ4n) is 1.68. The molecular weight excluding hydrogens is 237 g/mol. The SMILES string of the molecule is COCC(C)N(C)Cc1ccc(F)cc1C(=O)O. The number of hydrogen-bond acceptors (Lipinski definition) is 3. The van der Waals surface area contributed by atoms with Gasteiger partial charge in [-0.25, -0.2) is 9.18 Å². The zero-order valence-electron chi connectivity index (χ0n) is 10.8. The number of carbonyl (C=O) groups is 1. The topological polar surface area (TPSA) is 49.8 Å². The van der Waals surface area contributed by atoms with Crippen molar-refractivity contribution < 1.29 is 19.0 Å². The maximum atomic E-state index is 13.0. The third-order valence-electron chi connectivity index (χ3n) is 2.88. The zero-order chi connectivity index (χ0) is 13.7. The van der Waals surface area contributed by atoms with E-state index in [4.69, 9.17) is 9.84 Å². The van der Waals surface area contributed by atoms with Crippen LogP contribution < -0.4 is 0 Å². The first-order valence-electron chi connectivity index (χ1n) is 5.66. The molecule has 1 aromatic rings. The van der Waals surface area contributed by atoms with Crippen LogP contribution >= 0.6 is 0 Å². The molecule has 0 radical (unpaired) electrons. The molecule has 0 aromatic heterocycles. The lowest BCUT2D eigenvalue weighted by atomic mass is 10.1. The van der Waals surface area contributed by atoms with Crippen molar-refractivity contribution in [1.82, 2.24) is 4.90 Å². The van der Waals surface area contributed by atoms with Crippen LogP contribution in [0.1, 0.15) is 22.8 Å². The second-order valence-electron chi connectivity index (χ2n) is 4.33. The minimum absolute atomic E-state index is 0.00599. The van der Waals surface area contributed by atoms with Crippen molar-refractivity contribution in [3.8, 4) is 0 Å². The fourth-order valence-corrected chi connectivity index (χ4v) is 1.68. The predicted molar refractivity (Wildman–Crippen MR) is 66.2 cm³/mol. The Morgan fingerprint density at radius 1 is 1.56 bits per heavy atom. The van der Waals surface area contributed by atoms with E-state index in [9.17, 15) is 9.18 Å². The van der Waals surface area contributed by atoms with E-state index in [0.717, 1.165) is 6.07 Å². The van der Waals surface area contributed by atoms with Crippen molar-refractivity contribution in [3.63, 3.8) is 0 Å². The summed E-state index contributed by atoms with van der Waals surface area (Å²) in [4.78, 5) is 13.0. The second-order valence-corrected chi connectivity index (χ2v) is 4.33. The number of hydrogen-bond donors (Lipinski definition) is 1. The Kier molecular flexibility index (Phi) is 5.25. The Hall–Kier alpha value is -1.46. The smallest absolute Gasteiger partial charge is 0.336 e. The summed E-state index contributed by atoms with van der Waals surface area (Å²) in [7, 11) is 3.49. The molecule has 0 saturated carbocycles. The number of benzene rings is 1. The van der Waals surface area contributed by atoms with Gasteiger partial charge in [-0.15, -0.1) is 0 Å². The van der Waals surface area contributed by atoms with Gasteiger partial charge in [-0.1, -0.05) is 6.07 Å². The molecule has 1 aromatic carbocycles. The van der Waals surface area contributed by atoms with Gasteiger partial charge in [-0.05, 0) is 31.7 Å². The predicted octanol–water partition coefficient (Wildman–Crippen LogP) is 1.99. The molecule has 1 N–H and O–H groups in total. The fraction of sp³-hybridized carbons (Fsp3) is 0.462. The highest BCUT2D eigenvalue weighted by atomic mass is 19.1. The number of rotatable bonds is 6. The van der Waals surface area contributed by atoms with Crippen LogP contribution in [0.5, 0.6) is 0 Å². The zero-order valence-corrected chi connectivity index (χ0v) is 10.8. The van der Waals surface area contributed by atoms with Crippen LogP contribution in [0.4, 0.5) is 4.39 Å². The van der Waals surface area contributed by atoms with Crippen LogP contribution in [-0.4, -0.2) is 42.8 Å². The first-order chi connectivity index (χ1) is 8.45. The lowest BCUT2D eigenvalue weighted by molar-refractivity contribution is 0.0692. The molecule has 0 fully saturated rings. The van der Waals surface area contributed by atoms with E-state index >= 15 is 0 Å². The molecule has 0 heterocycles. The summed E-state index contributed by atoms with van der Waals surface area (Å²) in [6, 6.07) is 3.99. The number of halogens is 1. The van der Waals surface area contributed by atoms with Gasteiger partial charge in [0.15, 0.2) is 0 Å². The molecule has 4 nitrogen and oxygen atoms in total. The lowest BCUT2D eigenvalue weighted by Crippen LogP contribution is -2.32. The highest BCUT2D eigenvalue weighted by Crippen LogP contribution is 2.14. The van der Waals surface area contributed by atoms with E-state index in [1.54, 1.807) is 7.11 Å². The van der Waals surface area contributed by atoms with Gasteiger partial charge < -0.3 is 9.84 Å². The quantitative estimate of drug-likeness (QED) is 0.844. The molecule has 0 spiro atoms. The maximum absolute atomic E-state index is 13.0. The highest BCUT2D eigenvalue weighted by Gasteiger charge is 2.15. The third kappa shape index (κ3) is 3.78. The number of methoxy groups -OCH3 is 1. The van der Waals surface area contributed by atoms with Gasteiger partial charge in [0, 0.05) is 19.7 Å². The Morgan fingerprint density at radius 3 is 2.78 bits per heavy atom.